The first-order valence-electron chi connectivity index (χ1n) is 15.0. The standard InChI is InChI=1S/C31H40N8O6/c1-19(2)15-23-29(42)36-26(20(3)40)30(43)35-24(16-21-9-5-4-6-10-21)28(41)33-17-22-18-39(38-37-22)13-8-14-45-25-11-7-12-32-27(25)31(44)34-23/h4-7,9-12,18-20,23-24,26,40H,8,13-17H2,1-3H3,(H,33,41)(H,34,44)(H,35,43)(H,36,42)/t20-,23+,24-,26+/m1/s1. The van der Waals surface area contributed by atoms with Crippen molar-refractivity contribution in [2.45, 2.75) is 77.4 Å². The number of fused-ring (bicyclic) bond motifs is 3. The number of aryl methyl sites for hydroxylation is 1. The third-order valence-corrected chi connectivity index (χ3v) is 7.11. The second-order valence-electron chi connectivity index (χ2n) is 11.4. The number of amides is 4. The van der Waals surface area contributed by atoms with Gasteiger partial charge < -0.3 is 31.1 Å². The molecule has 5 N–H and O–H groups in total. The minimum Gasteiger partial charge on any atom is -0.491 e. The molecule has 14 nitrogen and oxygen atoms in total. The summed E-state index contributed by atoms with van der Waals surface area (Å²) in [6, 6.07) is 8.89. The topological polar surface area (TPSA) is 189 Å². The minimum atomic E-state index is -1.42. The lowest BCUT2D eigenvalue weighted by atomic mass is 10.0. The predicted molar refractivity (Wildman–Crippen MR) is 163 cm³/mol. The first kappa shape index (κ1) is 33.1. The third-order valence-electron chi connectivity index (χ3n) is 7.11. The molecular weight excluding hydrogens is 580 g/mol. The molecule has 0 fully saturated rings. The number of hydrogen-bond donors (Lipinski definition) is 5. The van der Waals surface area contributed by atoms with Gasteiger partial charge in [-0.1, -0.05) is 49.4 Å². The Kier molecular flexibility index (Phi) is 11.6. The fraction of sp³-hybridized carbons (Fsp3) is 0.452. The summed E-state index contributed by atoms with van der Waals surface area (Å²) >= 11 is 0. The van der Waals surface area contributed by atoms with Gasteiger partial charge in [0.1, 0.15) is 23.8 Å². The number of carbonyl (C=O) groups is 4. The van der Waals surface area contributed by atoms with Gasteiger partial charge in [0.15, 0.2) is 11.4 Å². The van der Waals surface area contributed by atoms with Gasteiger partial charge in [-0.3, -0.25) is 23.9 Å². The Morgan fingerprint density at radius 2 is 1.73 bits per heavy atom. The van der Waals surface area contributed by atoms with E-state index in [1.165, 1.54) is 13.1 Å². The van der Waals surface area contributed by atoms with Crippen molar-refractivity contribution in [2.75, 3.05) is 6.61 Å². The summed E-state index contributed by atoms with van der Waals surface area (Å²) in [4.78, 5) is 57.9. The largest absolute Gasteiger partial charge is 0.491 e. The summed E-state index contributed by atoms with van der Waals surface area (Å²) in [5.41, 5.74) is 1.31. The van der Waals surface area contributed by atoms with Gasteiger partial charge in [-0.05, 0) is 37.0 Å². The molecule has 0 spiro atoms. The molecule has 0 aliphatic carbocycles. The van der Waals surface area contributed by atoms with E-state index in [2.05, 4.69) is 36.6 Å². The molecule has 4 atom stereocenters. The summed E-state index contributed by atoms with van der Waals surface area (Å²) in [6.07, 6.45) is 2.77. The number of aliphatic hydroxyl groups excluding tert-OH is 1. The predicted octanol–water partition coefficient (Wildman–Crippen LogP) is 0.510. The molecule has 3 aromatic rings. The number of hydrogen-bond acceptors (Lipinski definition) is 9. The molecule has 2 aromatic heterocycles. The first-order valence-corrected chi connectivity index (χ1v) is 15.0. The summed E-state index contributed by atoms with van der Waals surface area (Å²) in [5.74, 6) is -2.31. The van der Waals surface area contributed by atoms with Crippen LogP contribution in [0.15, 0.2) is 54.9 Å². The van der Waals surface area contributed by atoms with E-state index in [0.717, 1.165) is 5.56 Å². The lowest BCUT2D eigenvalue weighted by Gasteiger charge is -2.27. The number of benzene rings is 1. The van der Waals surface area contributed by atoms with Crippen LogP contribution in [0, 0.1) is 5.92 Å². The molecule has 14 heteroatoms. The minimum absolute atomic E-state index is 0.00569. The van der Waals surface area contributed by atoms with Gasteiger partial charge in [-0.25, -0.2) is 4.98 Å². The van der Waals surface area contributed by atoms with Crippen molar-refractivity contribution in [2.24, 2.45) is 5.92 Å². The molecule has 1 aliphatic rings. The van der Waals surface area contributed by atoms with E-state index in [-0.39, 0.29) is 43.4 Å². The lowest BCUT2D eigenvalue weighted by Crippen LogP contribution is -2.60. The fourth-order valence-corrected chi connectivity index (χ4v) is 4.83. The van der Waals surface area contributed by atoms with Crippen molar-refractivity contribution >= 4 is 23.6 Å². The highest BCUT2D eigenvalue weighted by Crippen LogP contribution is 2.17. The van der Waals surface area contributed by atoms with Crippen LogP contribution >= 0.6 is 0 Å². The number of carbonyl (C=O) groups excluding carboxylic acids is 4. The van der Waals surface area contributed by atoms with E-state index >= 15 is 0 Å². The molecule has 4 rings (SSSR count). The van der Waals surface area contributed by atoms with Crippen molar-refractivity contribution < 1.29 is 29.0 Å². The molecule has 4 amide bonds. The molecule has 0 radical (unpaired) electrons. The quantitative estimate of drug-likeness (QED) is 0.271. The molecular formula is C31H40N8O6. The van der Waals surface area contributed by atoms with E-state index in [1.54, 1.807) is 23.0 Å². The van der Waals surface area contributed by atoms with Gasteiger partial charge in [0, 0.05) is 25.6 Å². The van der Waals surface area contributed by atoms with E-state index in [4.69, 9.17) is 4.74 Å². The SMILES string of the molecule is CC(C)C[C@@H]1NC(=O)c2ncccc2OCCCn2cc(nn2)CNC(=O)[C@@H](Cc2ccccc2)NC(=O)[C@H]([C@@H](C)O)NC1=O. The van der Waals surface area contributed by atoms with Crippen molar-refractivity contribution in [1.29, 1.82) is 0 Å². The second kappa shape index (κ2) is 15.7. The molecule has 0 unspecified atom stereocenters. The highest BCUT2D eigenvalue weighted by molar-refractivity contribution is 5.99. The van der Waals surface area contributed by atoms with Crippen LogP contribution in [0.2, 0.25) is 0 Å². The Morgan fingerprint density at radius 3 is 2.47 bits per heavy atom. The third kappa shape index (κ3) is 9.57. The van der Waals surface area contributed by atoms with Crippen LogP contribution in [0.5, 0.6) is 5.75 Å². The van der Waals surface area contributed by atoms with E-state index in [1.807, 2.05) is 44.2 Å². The van der Waals surface area contributed by atoms with Crippen LogP contribution in [0.4, 0.5) is 0 Å². The number of pyridine rings is 1. The van der Waals surface area contributed by atoms with Crippen LogP contribution < -0.4 is 26.0 Å². The van der Waals surface area contributed by atoms with Crippen molar-refractivity contribution in [3.05, 3.63) is 71.8 Å². The zero-order chi connectivity index (χ0) is 32.3. The van der Waals surface area contributed by atoms with Crippen molar-refractivity contribution in [3.63, 3.8) is 0 Å². The van der Waals surface area contributed by atoms with E-state index in [0.29, 0.717) is 18.7 Å². The Balaban J connectivity index is 1.63. The Labute approximate surface area is 261 Å². The van der Waals surface area contributed by atoms with Crippen LogP contribution in [-0.4, -0.2) is 79.5 Å². The van der Waals surface area contributed by atoms with Crippen LogP contribution in [0.3, 0.4) is 0 Å². The molecule has 2 bridgehead atoms. The van der Waals surface area contributed by atoms with E-state index in [9.17, 15) is 24.3 Å². The van der Waals surface area contributed by atoms with E-state index < -0.39 is 47.9 Å². The monoisotopic (exact) mass is 620 g/mol. The summed E-state index contributed by atoms with van der Waals surface area (Å²) in [7, 11) is 0. The maximum atomic E-state index is 13.5. The molecule has 45 heavy (non-hydrogen) atoms. The average molecular weight is 621 g/mol. The van der Waals surface area contributed by atoms with Crippen LogP contribution in [-0.2, 0) is 33.9 Å². The second-order valence-corrected chi connectivity index (χ2v) is 11.4. The molecule has 0 saturated carbocycles. The zero-order valence-corrected chi connectivity index (χ0v) is 25.6. The Morgan fingerprint density at radius 1 is 0.956 bits per heavy atom. The Hall–Kier alpha value is -4.85. The van der Waals surface area contributed by atoms with Gasteiger partial charge in [-0.15, -0.1) is 5.10 Å². The van der Waals surface area contributed by atoms with Gasteiger partial charge in [0.05, 0.1) is 25.5 Å². The lowest BCUT2D eigenvalue weighted by molar-refractivity contribution is -0.135. The van der Waals surface area contributed by atoms with Crippen molar-refractivity contribution in [3.8, 4) is 5.75 Å². The highest BCUT2D eigenvalue weighted by atomic mass is 16.5. The summed E-state index contributed by atoms with van der Waals surface area (Å²) in [6.45, 7) is 5.91. The van der Waals surface area contributed by atoms with Crippen LogP contribution in [0.1, 0.15) is 55.4 Å². The molecule has 1 aliphatic heterocycles. The molecule has 1 aromatic carbocycles. The summed E-state index contributed by atoms with van der Waals surface area (Å²) < 4.78 is 7.48. The number of aliphatic hydroxyl groups is 1. The number of aromatic nitrogens is 4. The summed E-state index contributed by atoms with van der Waals surface area (Å²) in [5, 5.41) is 29.5. The maximum absolute atomic E-state index is 13.5. The molecule has 240 valence electrons. The van der Waals surface area contributed by atoms with Crippen LogP contribution in [0.25, 0.3) is 0 Å². The van der Waals surface area contributed by atoms with Gasteiger partial charge in [0.2, 0.25) is 17.7 Å². The highest BCUT2D eigenvalue weighted by Gasteiger charge is 2.33. The number of ether oxygens (including phenoxy) is 1. The Bertz CT molecular complexity index is 1460. The van der Waals surface area contributed by atoms with Gasteiger partial charge >= 0.3 is 0 Å². The average Bonchev–Trinajstić information content (AvgIpc) is 3.47. The zero-order valence-electron chi connectivity index (χ0n) is 25.6. The molecule has 3 heterocycles. The van der Waals surface area contributed by atoms with Gasteiger partial charge in [0.25, 0.3) is 5.91 Å². The van der Waals surface area contributed by atoms with Gasteiger partial charge in [-0.2, -0.15) is 0 Å². The smallest absolute Gasteiger partial charge is 0.274 e. The maximum Gasteiger partial charge on any atom is 0.274 e. The number of nitrogens with zero attached hydrogens (tertiary/aromatic N) is 4. The number of rotatable bonds is 5. The van der Waals surface area contributed by atoms with Crippen molar-refractivity contribution in [1.82, 2.24) is 41.2 Å². The molecule has 0 saturated heterocycles. The first-order chi connectivity index (χ1) is 21.6. The normalized spacial score (nSPS) is 21.2. The fourth-order valence-electron chi connectivity index (χ4n) is 4.83. The number of nitrogens with one attached hydrogen (secondary N) is 4.